The molecule has 0 spiro atoms. The van der Waals surface area contributed by atoms with Gasteiger partial charge in [0.25, 0.3) is 5.95 Å². The van der Waals surface area contributed by atoms with Gasteiger partial charge in [0.05, 0.1) is 0 Å². The maximum Gasteiger partial charge on any atom is 0.290 e. The molecule has 1 aromatic heterocycles. The Morgan fingerprint density at radius 2 is 1.68 bits per heavy atom. The lowest BCUT2D eigenvalue weighted by atomic mass is 10.1. The second-order valence-corrected chi connectivity index (χ2v) is 8.27. The van der Waals surface area contributed by atoms with E-state index in [-0.39, 0.29) is 5.78 Å². The molecule has 2 heterocycles. The molecule has 1 aliphatic heterocycles. The van der Waals surface area contributed by atoms with Gasteiger partial charge < -0.3 is 14.1 Å². The first kappa shape index (κ1) is 21.3. The average molecular weight is 419 g/mol. The highest BCUT2D eigenvalue weighted by atomic mass is 16.6. The molecule has 3 aromatic rings. The second-order valence-electron chi connectivity index (χ2n) is 8.27. The number of Topliss-reactive ketones (excluding diaryl/α,β-unsaturated/α-hetero) is 1. The summed E-state index contributed by atoms with van der Waals surface area (Å²) in [5.74, 6) is 1.47. The Morgan fingerprint density at radius 1 is 0.935 bits per heavy atom. The quantitative estimate of drug-likeness (QED) is 0.478. The van der Waals surface area contributed by atoms with Crippen LogP contribution in [0.2, 0.25) is 0 Å². The van der Waals surface area contributed by atoms with Crippen molar-refractivity contribution in [2.45, 2.75) is 26.8 Å². The Kier molecular flexibility index (Phi) is 6.85. The highest BCUT2D eigenvalue weighted by molar-refractivity contribution is 5.93. The van der Waals surface area contributed by atoms with Crippen LogP contribution in [0.4, 0.5) is 0 Å². The first-order valence-electron chi connectivity index (χ1n) is 10.9. The molecule has 0 radical (unpaired) electrons. The molecular formula is C26H30N2O3. The van der Waals surface area contributed by atoms with Crippen molar-refractivity contribution >= 4 is 5.78 Å². The number of furan rings is 1. The largest absolute Gasteiger partial charge is 0.426 e. The van der Waals surface area contributed by atoms with E-state index in [4.69, 9.17) is 9.15 Å². The van der Waals surface area contributed by atoms with Crippen LogP contribution in [0, 0.1) is 13.8 Å². The SMILES string of the molecule is Cc1ccc(Oc2ccc(C(=O)CCN3CCN(Cc4ccccc4)CC3)o2)c(C)c1. The molecule has 1 saturated heterocycles. The van der Waals surface area contributed by atoms with Crippen molar-refractivity contribution in [1.29, 1.82) is 0 Å². The van der Waals surface area contributed by atoms with Gasteiger partial charge in [0, 0.05) is 51.8 Å². The van der Waals surface area contributed by atoms with Crippen LogP contribution < -0.4 is 4.74 Å². The molecule has 0 unspecified atom stereocenters. The van der Waals surface area contributed by atoms with Crippen molar-refractivity contribution in [2.24, 2.45) is 0 Å². The minimum absolute atomic E-state index is 0.0159. The van der Waals surface area contributed by atoms with Gasteiger partial charge >= 0.3 is 0 Å². The Bertz CT molecular complexity index is 1000. The Labute approximate surface area is 184 Å². The van der Waals surface area contributed by atoms with E-state index >= 15 is 0 Å². The number of carbonyl (C=O) groups excluding carboxylic acids is 1. The lowest BCUT2D eigenvalue weighted by Crippen LogP contribution is -2.46. The molecule has 31 heavy (non-hydrogen) atoms. The fourth-order valence-electron chi connectivity index (χ4n) is 3.94. The molecule has 2 aromatic carbocycles. The van der Waals surface area contributed by atoms with E-state index in [1.807, 2.05) is 26.0 Å². The van der Waals surface area contributed by atoms with Crippen LogP contribution in [0.3, 0.4) is 0 Å². The molecule has 0 N–H and O–H groups in total. The van der Waals surface area contributed by atoms with Crippen molar-refractivity contribution < 1.29 is 13.9 Å². The van der Waals surface area contributed by atoms with Gasteiger partial charge in [0.15, 0.2) is 11.5 Å². The summed E-state index contributed by atoms with van der Waals surface area (Å²) in [6.45, 7) is 9.81. The summed E-state index contributed by atoms with van der Waals surface area (Å²) in [5, 5.41) is 0. The molecule has 0 bridgehead atoms. The number of benzene rings is 2. The zero-order valence-electron chi connectivity index (χ0n) is 18.3. The number of hydrogen-bond donors (Lipinski definition) is 0. The van der Waals surface area contributed by atoms with Crippen LogP contribution in [0.1, 0.15) is 33.7 Å². The zero-order chi connectivity index (χ0) is 21.6. The second kappa shape index (κ2) is 9.94. The van der Waals surface area contributed by atoms with E-state index < -0.39 is 0 Å². The topological polar surface area (TPSA) is 45.9 Å². The van der Waals surface area contributed by atoms with E-state index in [2.05, 4.69) is 46.2 Å². The van der Waals surface area contributed by atoms with E-state index in [0.29, 0.717) is 18.1 Å². The number of rotatable bonds is 8. The van der Waals surface area contributed by atoms with Crippen LogP contribution in [0.25, 0.3) is 0 Å². The van der Waals surface area contributed by atoms with Crippen molar-refractivity contribution in [1.82, 2.24) is 9.80 Å². The van der Waals surface area contributed by atoms with Crippen molar-refractivity contribution in [3.63, 3.8) is 0 Å². The predicted octanol–water partition coefficient (Wildman–Crippen LogP) is 5.08. The molecule has 5 heteroatoms. The van der Waals surface area contributed by atoms with E-state index in [1.54, 1.807) is 12.1 Å². The highest BCUT2D eigenvalue weighted by Crippen LogP contribution is 2.27. The van der Waals surface area contributed by atoms with Crippen LogP contribution in [0.15, 0.2) is 65.1 Å². The van der Waals surface area contributed by atoms with E-state index in [9.17, 15) is 4.79 Å². The van der Waals surface area contributed by atoms with Gasteiger partial charge in [-0.05, 0) is 37.1 Å². The molecule has 0 saturated carbocycles. The molecule has 1 aliphatic rings. The minimum atomic E-state index is 0.0159. The summed E-state index contributed by atoms with van der Waals surface area (Å²) in [6, 6.07) is 20.0. The van der Waals surface area contributed by atoms with Gasteiger partial charge in [-0.2, -0.15) is 0 Å². The standard InChI is InChI=1S/C26H30N2O3/c1-20-8-9-24(21(2)18-20)30-26-11-10-25(31-26)23(29)12-13-27-14-16-28(17-15-27)19-22-6-4-3-5-7-22/h3-11,18H,12-17,19H2,1-2H3. The number of ketones is 1. The summed E-state index contributed by atoms with van der Waals surface area (Å²) in [5.41, 5.74) is 3.57. The summed E-state index contributed by atoms with van der Waals surface area (Å²) < 4.78 is 11.5. The number of carbonyl (C=O) groups is 1. The normalized spacial score (nSPS) is 15.2. The minimum Gasteiger partial charge on any atom is -0.426 e. The van der Waals surface area contributed by atoms with Crippen LogP contribution in [0.5, 0.6) is 11.7 Å². The monoisotopic (exact) mass is 418 g/mol. The number of piperazine rings is 1. The third kappa shape index (κ3) is 5.84. The van der Waals surface area contributed by atoms with Gasteiger partial charge in [0.2, 0.25) is 0 Å². The predicted molar refractivity (Wildman–Crippen MR) is 122 cm³/mol. The molecule has 162 valence electrons. The third-order valence-corrected chi connectivity index (χ3v) is 5.77. The lowest BCUT2D eigenvalue weighted by Gasteiger charge is -2.34. The molecule has 0 aliphatic carbocycles. The molecule has 4 rings (SSSR count). The zero-order valence-corrected chi connectivity index (χ0v) is 18.3. The molecule has 0 atom stereocenters. The summed E-state index contributed by atoms with van der Waals surface area (Å²) in [7, 11) is 0. The smallest absolute Gasteiger partial charge is 0.290 e. The van der Waals surface area contributed by atoms with Gasteiger partial charge in [0.1, 0.15) is 5.75 Å². The highest BCUT2D eigenvalue weighted by Gasteiger charge is 2.19. The van der Waals surface area contributed by atoms with Gasteiger partial charge in [-0.15, -0.1) is 0 Å². The van der Waals surface area contributed by atoms with E-state index in [1.165, 1.54) is 11.1 Å². The van der Waals surface area contributed by atoms with Crippen molar-refractivity contribution in [2.75, 3.05) is 32.7 Å². The first-order chi connectivity index (χ1) is 15.1. The number of nitrogens with zero attached hydrogens (tertiary/aromatic N) is 2. The Balaban J connectivity index is 1.22. The molecule has 0 amide bonds. The number of aryl methyl sites for hydroxylation is 2. The van der Waals surface area contributed by atoms with Crippen LogP contribution in [-0.2, 0) is 6.54 Å². The van der Waals surface area contributed by atoms with Crippen LogP contribution >= 0.6 is 0 Å². The molecular weight excluding hydrogens is 388 g/mol. The van der Waals surface area contributed by atoms with Crippen molar-refractivity contribution in [3.8, 4) is 11.7 Å². The van der Waals surface area contributed by atoms with Gasteiger partial charge in [-0.1, -0.05) is 48.0 Å². The molecule has 1 fully saturated rings. The lowest BCUT2D eigenvalue weighted by molar-refractivity contribution is 0.0893. The average Bonchev–Trinajstić information content (AvgIpc) is 3.24. The van der Waals surface area contributed by atoms with E-state index in [0.717, 1.165) is 50.6 Å². The Hall–Kier alpha value is -2.89. The van der Waals surface area contributed by atoms with Gasteiger partial charge in [-0.3, -0.25) is 9.69 Å². The third-order valence-electron chi connectivity index (χ3n) is 5.77. The summed E-state index contributed by atoms with van der Waals surface area (Å²) >= 11 is 0. The number of ether oxygens (including phenoxy) is 1. The maximum atomic E-state index is 12.6. The van der Waals surface area contributed by atoms with Crippen LogP contribution in [-0.4, -0.2) is 48.3 Å². The van der Waals surface area contributed by atoms with Crippen molar-refractivity contribution in [3.05, 3.63) is 83.1 Å². The number of hydrogen-bond acceptors (Lipinski definition) is 5. The fourth-order valence-corrected chi connectivity index (χ4v) is 3.94. The Morgan fingerprint density at radius 3 is 2.42 bits per heavy atom. The summed E-state index contributed by atoms with van der Waals surface area (Å²) in [6.07, 6.45) is 0.454. The maximum absolute atomic E-state index is 12.6. The first-order valence-corrected chi connectivity index (χ1v) is 10.9. The van der Waals surface area contributed by atoms with Gasteiger partial charge in [-0.25, -0.2) is 0 Å². The summed E-state index contributed by atoms with van der Waals surface area (Å²) in [4.78, 5) is 17.4. The fraction of sp³-hybridized carbons (Fsp3) is 0.346. The molecule has 5 nitrogen and oxygen atoms in total.